The molecule has 0 fully saturated rings. The normalized spacial score (nSPS) is 14.2. The summed E-state index contributed by atoms with van der Waals surface area (Å²) in [7, 11) is 0. The number of alkyl halides is 6. The van der Waals surface area contributed by atoms with E-state index in [1.54, 1.807) is 0 Å². The maximum absolute atomic E-state index is 13.3. The molecular weight excluding hydrogens is 350 g/mol. The highest BCUT2D eigenvalue weighted by molar-refractivity contribution is 6.02. The van der Waals surface area contributed by atoms with Gasteiger partial charge in [-0.05, 0) is 5.56 Å². The molecule has 0 heterocycles. The molecule has 25 heavy (non-hydrogen) atoms. The molecule has 0 spiro atoms. The van der Waals surface area contributed by atoms with Crippen LogP contribution in [0.2, 0.25) is 0 Å². The van der Waals surface area contributed by atoms with Crippen LogP contribution in [0.25, 0.3) is 0 Å². The third kappa shape index (κ3) is 3.39. The number of carbonyl (C=O) groups excluding carboxylic acids is 1. The molecule has 2 rings (SSSR count). The van der Waals surface area contributed by atoms with Crippen LogP contribution in [0.4, 0.5) is 26.3 Å². The van der Waals surface area contributed by atoms with Crippen LogP contribution in [0.3, 0.4) is 0 Å². The van der Waals surface area contributed by atoms with E-state index < -0.39 is 35.2 Å². The van der Waals surface area contributed by atoms with Crippen molar-refractivity contribution in [3.05, 3.63) is 71.8 Å². The van der Waals surface area contributed by atoms with Crippen LogP contribution < -0.4 is 0 Å². The molecule has 0 aliphatic heterocycles. The second-order valence-electron chi connectivity index (χ2n) is 5.34. The summed E-state index contributed by atoms with van der Waals surface area (Å²) in [5, 5.41) is 9.76. The largest absolute Gasteiger partial charge is 0.427 e. The van der Waals surface area contributed by atoms with Gasteiger partial charge in [0, 0.05) is 5.56 Å². The zero-order valence-corrected chi connectivity index (χ0v) is 12.5. The van der Waals surface area contributed by atoms with Gasteiger partial charge >= 0.3 is 12.4 Å². The molecule has 0 aliphatic rings. The van der Waals surface area contributed by atoms with E-state index in [9.17, 15) is 36.2 Å². The molecule has 134 valence electrons. The summed E-state index contributed by atoms with van der Waals surface area (Å²) < 4.78 is 79.7. The van der Waals surface area contributed by atoms with Crippen LogP contribution in [-0.2, 0) is 0 Å². The van der Waals surface area contributed by atoms with Gasteiger partial charge in [0.25, 0.3) is 5.60 Å². The van der Waals surface area contributed by atoms with Gasteiger partial charge < -0.3 is 5.11 Å². The van der Waals surface area contributed by atoms with E-state index in [1.807, 2.05) is 0 Å². The molecule has 0 aliphatic carbocycles. The van der Waals surface area contributed by atoms with Gasteiger partial charge in [-0.25, -0.2) is 0 Å². The van der Waals surface area contributed by atoms with Gasteiger partial charge in [0.05, 0.1) is 5.92 Å². The first-order valence-electron chi connectivity index (χ1n) is 7.00. The summed E-state index contributed by atoms with van der Waals surface area (Å²) in [5.41, 5.74) is -6.19. The lowest BCUT2D eigenvalue weighted by Gasteiger charge is -2.38. The summed E-state index contributed by atoms with van der Waals surface area (Å²) >= 11 is 0. The monoisotopic (exact) mass is 362 g/mol. The summed E-state index contributed by atoms with van der Waals surface area (Å²) in [5.74, 6) is -4.37. The molecule has 1 atom stereocenters. The average Bonchev–Trinajstić information content (AvgIpc) is 2.54. The maximum atomic E-state index is 13.3. The predicted molar refractivity (Wildman–Crippen MR) is 77.0 cm³/mol. The second kappa shape index (κ2) is 6.51. The van der Waals surface area contributed by atoms with Crippen molar-refractivity contribution in [2.24, 2.45) is 0 Å². The van der Waals surface area contributed by atoms with Gasteiger partial charge in [0.2, 0.25) is 0 Å². The minimum atomic E-state index is -6.11. The lowest BCUT2D eigenvalue weighted by molar-refractivity contribution is -0.371. The number of halogens is 6. The highest BCUT2D eigenvalue weighted by Gasteiger charge is 2.75. The fourth-order valence-corrected chi connectivity index (χ4v) is 2.48. The Balaban J connectivity index is 2.73. The molecule has 0 saturated carbocycles. The number of Topliss-reactive ketones (excluding diaryl/α,β-unsaturated/α-hetero) is 1. The molecule has 0 radical (unpaired) electrons. The van der Waals surface area contributed by atoms with Crippen molar-refractivity contribution in [2.45, 2.75) is 23.9 Å². The van der Waals surface area contributed by atoms with E-state index in [0.717, 1.165) is 24.3 Å². The molecule has 0 bridgehead atoms. The number of hydrogen-bond donors (Lipinski definition) is 1. The quantitative estimate of drug-likeness (QED) is 0.642. The van der Waals surface area contributed by atoms with Crippen molar-refractivity contribution in [2.75, 3.05) is 0 Å². The van der Waals surface area contributed by atoms with Crippen LogP contribution in [0, 0.1) is 0 Å². The molecule has 2 aromatic rings. The molecule has 0 saturated heterocycles. The van der Waals surface area contributed by atoms with Gasteiger partial charge in [-0.15, -0.1) is 0 Å². The van der Waals surface area contributed by atoms with Crippen molar-refractivity contribution in [1.82, 2.24) is 0 Å². The molecule has 2 aromatic carbocycles. The molecule has 8 heteroatoms. The van der Waals surface area contributed by atoms with Crippen molar-refractivity contribution < 1.29 is 36.2 Å². The molecule has 0 aromatic heterocycles. The molecular formula is C17H12F6O2. The zero-order valence-electron chi connectivity index (χ0n) is 12.5. The van der Waals surface area contributed by atoms with E-state index in [1.165, 1.54) is 36.4 Å². The van der Waals surface area contributed by atoms with E-state index in [2.05, 4.69) is 0 Å². The summed E-state index contributed by atoms with van der Waals surface area (Å²) in [6.07, 6.45) is -12.2. The third-order valence-corrected chi connectivity index (χ3v) is 3.74. The molecule has 1 unspecified atom stereocenters. The highest BCUT2D eigenvalue weighted by Crippen LogP contribution is 2.52. The Morgan fingerprint density at radius 3 is 1.56 bits per heavy atom. The van der Waals surface area contributed by atoms with Crippen molar-refractivity contribution in [3.8, 4) is 0 Å². The SMILES string of the molecule is O=C(c1ccccc1)C(c1ccccc1)C(O)(C(F)(F)F)C(F)(F)F. The van der Waals surface area contributed by atoms with Crippen LogP contribution >= 0.6 is 0 Å². The van der Waals surface area contributed by atoms with Crippen LogP contribution in [0.5, 0.6) is 0 Å². The van der Waals surface area contributed by atoms with Gasteiger partial charge in [0.15, 0.2) is 5.78 Å². The van der Waals surface area contributed by atoms with Crippen molar-refractivity contribution in [3.63, 3.8) is 0 Å². The Kier molecular flexibility index (Phi) is 4.94. The number of benzene rings is 2. The highest BCUT2D eigenvalue weighted by atomic mass is 19.4. The van der Waals surface area contributed by atoms with E-state index in [0.29, 0.717) is 0 Å². The Hall–Kier alpha value is -2.35. The van der Waals surface area contributed by atoms with Crippen LogP contribution in [0.1, 0.15) is 21.8 Å². The van der Waals surface area contributed by atoms with Crippen molar-refractivity contribution in [1.29, 1.82) is 0 Å². The first kappa shape index (κ1) is 19.0. The lowest BCUT2D eigenvalue weighted by atomic mass is 9.76. The fourth-order valence-electron chi connectivity index (χ4n) is 2.48. The minimum Gasteiger partial charge on any atom is -0.373 e. The van der Waals surface area contributed by atoms with Gasteiger partial charge in [-0.2, -0.15) is 26.3 Å². The smallest absolute Gasteiger partial charge is 0.373 e. The number of carbonyl (C=O) groups is 1. The maximum Gasteiger partial charge on any atom is 0.427 e. The number of rotatable bonds is 4. The van der Waals surface area contributed by atoms with E-state index in [-0.39, 0.29) is 5.56 Å². The number of hydrogen-bond acceptors (Lipinski definition) is 2. The standard InChI is InChI=1S/C17H12F6O2/c18-16(19,20)15(25,17(21,22)23)13(11-7-3-1-4-8-11)14(24)12-9-5-2-6-10-12/h1-10,13,25H. The first-order chi connectivity index (χ1) is 11.5. The second-order valence-corrected chi connectivity index (χ2v) is 5.34. The lowest BCUT2D eigenvalue weighted by Crippen LogP contribution is -2.62. The molecule has 2 nitrogen and oxygen atoms in total. The average molecular weight is 362 g/mol. The first-order valence-corrected chi connectivity index (χ1v) is 7.00. The van der Waals surface area contributed by atoms with Crippen molar-refractivity contribution >= 4 is 5.78 Å². The summed E-state index contributed by atoms with van der Waals surface area (Å²) in [6.45, 7) is 0. The number of aliphatic hydroxyl groups is 1. The molecule has 1 N–H and O–H groups in total. The van der Waals surface area contributed by atoms with Gasteiger partial charge in [-0.3, -0.25) is 4.79 Å². The topological polar surface area (TPSA) is 37.3 Å². The Labute approximate surface area is 138 Å². The van der Waals surface area contributed by atoms with E-state index >= 15 is 0 Å². The van der Waals surface area contributed by atoms with Crippen LogP contribution in [0.15, 0.2) is 60.7 Å². The summed E-state index contributed by atoms with van der Waals surface area (Å²) in [4.78, 5) is 12.5. The van der Waals surface area contributed by atoms with Gasteiger partial charge in [-0.1, -0.05) is 60.7 Å². The Morgan fingerprint density at radius 1 is 0.760 bits per heavy atom. The molecule has 0 amide bonds. The zero-order chi connectivity index (χ0) is 18.9. The Bertz CT molecular complexity index is 708. The van der Waals surface area contributed by atoms with Gasteiger partial charge in [0.1, 0.15) is 0 Å². The summed E-state index contributed by atoms with van der Waals surface area (Å²) in [6, 6.07) is 11.9. The Morgan fingerprint density at radius 2 is 1.16 bits per heavy atom. The fraction of sp³-hybridized carbons (Fsp3) is 0.235. The minimum absolute atomic E-state index is 0.372. The predicted octanol–water partition coefficient (Wildman–Crippen LogP) is 4.51. The number of ketones is 1. The van der Waals surface area contributed by atoms with E-state index in [4.69, 9.17) is 0 Å². The van der Waals surface area contributed by atoms with Crippen LogP contribution in [-0.4, -0.2) is 28.8 Å². The third-order valence-electron chi connectivity index (χ3n) is 3.74.